The van der Waals surface area contributed by atoms with Crippen molar-refractivity contribution in [1.82, 2.24) is 20.2 Å². The van der Waals surface area contributed by atoms with Gasteiger partial charge in [-0.3, -0.25) is 24.3 Å². The monoisotopic (exact) mass is 405 g/mol. The normalized spacial score (nSPS) is 18.2. The number of carbonyl (C=O) groups excluding carboxylic acids is 3. The number of para-hydroxylation sites is 1. The molecule has 9 heteroatoms. The first-order chi connectivity index (χ1) is 14.3. The molecule has 0 spiro atoms. The van der Waals surface area contributed by atoms with Crippen LogP contribution < -0.4 is 21.5 Å². The van der Waals surface area contributed by atoms with Crippen LogP contribution in [0.2, 0.25) is 0 Å². The van der Waals surface area contributed by atoms with Crippen molar-refractivity contribution < 1.29 is 14.4 Å². The molecule has 0 aliphatic carbocycles. The molecule has 4 rings (SSSR count). The predicted molar refractivity (Wildman–Crippen MR) is 110 cm³/mol. The van der Waals surface area contributed by atoms with Crippen LogP contribution in [0, 0.1) is 6.92 Å². The van der Waals surface area contributed by atoms with Gasteiger partial charge in [-0.15, -0.1) is 0 Å². The molecule has 0 unspecified atom stereocenters. The zero-order chi connectivity index (χ0) is 21.5. The number of benzene rings is 2. The highest BCUT2D eigenvalue weighted by Gasteiger charge is 2.43. The summed E-state index contributed by atoms with van der Waals surface area (Å²) in [6, 6.07) is 11.4. The standard InChI is InChI=1S/C21H19N5O4/c1-12-5-3-8-15-17(12)22-11-26(18(15)28)10-16(27)23-14-7-4-6-13(9-14)21(2)19(29)24-20(30)25-21/h3-9,11H,10H2,1-2H3,(H,23,27)(H2,24,25,29,30)/t21-/m0/s1. The van der Waals surface area contributed by atoms with Crippen LogP contribution >= 0.6 is 0 Å². The van der Waals surface area contributed by atoms with Crippen LogP contribution in [-0.4, -0.2) is 27.4 Å². The number of nitrogens with zero attached hydrogens (tertiary/aromatic N) is 2. The summed E-state index contributed by atoms with van der Waals surface area (Å²) in [5.74, 6) is -0.895. The molecule has 1 aromatic heterocycles. The second kappa shape index (κ2) is 7.11. The number of anilines is 1. The number of amides is 4. The molecule has 1 saturated heterocycles. The van der Waals surface area contributed by atoms with E-state index in [1.54, 1.807) is 43.3 Å². The number of aryl methyl sites for hydroxylation is 1. The van der Waals surface area contributed by atoms with Gasteiger partial charge in [0, 0.05) is 5.69 Å². The first-order valence-corrected chi connectivity index (χ1v) is 9.27. The Balaban J connectivity index is 1.55. The second-order valence-electron chi connectivity index (χ2n) is 7.31. The molecular formula is C21H19N5O4. The van der Waals surface area contributed by atoms with Crippen LogP contribution in [0.5, 0.6) is 0 Å². The van der Waals surface area contributed by atoms with Crippen molar-refractivity contribution >= 4 is 34.4 Å². The quantitative estimate of drug-likeness (QED) is 0.567. The molecule has 4 amide bonds. The van der Waals surface area contributed by atoms with E-state index in [9.17, 15) is 19.2 Å². The summed E-state index contributed by atoms with van der Waals surface area (Å²) in [6.07, 6.45) is 1.35. The fraction of sp³-hybridized carbons (Fsp3) is 0.190. The molecular weight excluding hydrogens is 386 g/mol. The van der Waals surface area contributed by atoms with E-state index < -0.39 is 23.4 Å². The van der Waals surface area contributed by atoms with Crippen LogP contribution in [0.1, 0.15) is 18.1 Å². The number of fused-ring (bicyclic) bond motifs is 1. The van der Waals surface area contributed by atoms with E-state index >= 15 is 0 Å². The summed E-state index contributed by atoms with van der Waals surface area (Å²) < 4.78 is 1.24. The van der Waals surface area contributed by atoms with Crippen LogP contribution in [0.25, 0.3) is 10.9 Å². The second-order valence-corrected chi connectivity index (χ2v) is 7.31. The molecule has 2 aromatic carbocycles. The summed E-state index contributed by atoms with van der Waals surface area (Å²) in [5, 5.41) is 7.94. The lowest BCUT2D eigenvalue weighted by molar-refractivity contribution is -0.123. The van der Waals surface area contributed by atoms with Crippen molar-refractivity contribution in [1.29, 1.82) is 0 Å². The minimum atomic E-state index is -1.23. The van der Waals surface area contributed by atoms with Gasteiger partial charge in [0.1, 0.15) is 12.1 Å². The van der Waals surface area contributed by atoms with Crippen molar-refractivity contribution in [2.24, 2.45) is 0 Å². The molecule has 30 heavy (non-hydrogen) atoms. The largest absolute Gasteiger partial charge is 0.325 e. The van der Waals surface area contributed by atoms with Gasteiger partial charge < -0.3 is 10.6 Å². The first-order valence-electron chi connectivity index (χ1n) is 9.27. The lowest BCUT2D eigenvalue weighted by Crippen LogP contribution is -2.40. The van der Waals surface area contributed by atoms with Crippen molar-refractivity contribution in [2.75, 3.05) is 5.32 Å². The number of hydrogen-bond donors (Lipinski definition) is 3. The maximum absolute atomic E-state index is 12.7. The Morgan fingerprint density at radius 1 is 1.17 bits per heavy atom. The summed E-state index contributed by atoms with van der Waals surface area (Å²) >= 11 is 0. The van der Waals surface area contributed by atoms with Gasteiger partial charge in [0.15, 0.2) is 0 Å². The summed E-state index contributed by atoms with van der Waals surface area (Å²) in [7, 11) is 0. The topological polar surface area (TPSA) is 122 Å². The Labute approximate surface area is 171 Å². The summed E-state index contributed by atoms with van der Waals surface area (Å²) in [4.78, 5) is 53.1. The third kappa shape index (κ3) is 3.30. The Bertz CT molecular complexity index is 1270. The van der Waals surface area contributed by atoms with Gasteiger partial charge in [-0.1, -0.05) is 24.3 Å². The first kappa shape index (κ1) is 19.3. The van der Waals surface area contributed by atoms with Crippen LogP contribution in [0.4, 0.5) is 10.5 Å². The highest BCUT2D eigenvalue weighted by Crippen LogP contribution is 2.26. The Morgan fingerprint density at radius 3 is 2.67 bits per heavy atom. The smallest absolute Gasteiger partial charge is 0.322 e. The molecule has 1 aliphatic rings. The van der Waals surface area contributed by atoms with Crippen molar-refractivity contribution in [3.8, 4) is 0 Å². The molecule has 152 valence electrons. The number of urea groups is 1. The molecule has 0 radical (unpaired) electrons. The average Bonchev–Trinajstić information content (AvgIpc) is 2.97. The SMILES string of the molecule is Cc1cccc2c(=O)n(CC(=O)Nc3cccc([C@]4(C)NC(=O)NC4=O)c3)cnc12. The molecule has 2 heterocycles. The zero-order valence-corrected chi connectivity index (χ0v) is 16.4. The lowest BCUT2D eigenvalue weighted by Gasteiger charge is -2.21. The van der Waals surface area contributed by atoms with E-state index in [0.717, 1.165) is 5.56 Å². The van der Waals surface area contributed by atoms with Crippen LogP contribution in [-0.2, 0) is 21.7 Å². The molecule has 1 fully saturated rings. The van der Waals surface area contributed by atoms with E-state index in [4.69, 9.17) is 0 Å². The molecule has 3 aromatic rings. The number of aromatic nitrogens is 2. The minimum Gasteiger partial charge on any atom is -0.325 e. The Kier molecular flexibility index (Phi) is 4.57. The van der Waals surface area contributed by atoms with Crippen molar-refractivity contribution in [3.05, 3.63) is 70.3 Å². The van der Waals surface area contributed by atoms with Gasteiger partial charge >= 0.3 is 6.03 Å². The van der Waals surface area contributed by atoms with E-state index in [-0.39, 0.29) is 12.1 Å². The number of rotatable bonds is 4. The fourth-order valence-electron chi connectivity index (χ4n) is 3.46. The zero-order valence-electron chi connectivity index (χ0n) is 16.4. The predicted octanol–water partition coefficient (Wildman–Crippen LogP) is 1.40. The van der Waals surface area contributed by atoms with Gasteiger partial charge in [0.05, 0.1) is 17.2 Å². The Morgan fingerprint density at radius 2 is 1.93 bits per heavy atom. The molecule has 0 bridgehead atoms. The van der Waals surface area contributed by atoms with Crippen molar-refractivity contribution in [2.45, 2.75) is 25.9 Å². The van der Waals surface area contributed by atoms with E-state index in [1.165, 1.54) is 10.9 Å². The van der Waals surface area contributed by atoms with Crippen LogP contribution in [0.15, 0.2) is 53.6 Å². The van der Waals surface area contributed by atoms with Crippen molar-refractivity contribution in [3.63, 3.8) is 0 Å². The van der Waals surface area contributed by atoms with Gasteiger partial charge in [-0.2, -0.15) is 0 Å². The third-order valence-corrected chi connectivity index (χ3v) is 5.14. The highest BCUT2D eigenvalue weighted by molar-refractivity contribution is 6.07. The van der Waals surface area contributed by atoms with Crippen LogP contribution in [0.3, 0.4) is 0 Å². The number of hydrogen-bond acceptors (Lipinski definition) is 5. The van der Waals surface area contributed by atoms with E-state index in [2.05, 4.69) is 20.9 Å². The number of nitrogens with one attached hydrogen (secondary N) is 3. The highest BCUT2D eigenvalue weighted by atomic mass is 16.2. The average molecular weight is 405 g/mol. The molecule has 3 N–H and O–H groups in total. The number of carbonyl (C=O) groups is 3. The maximum atomic E-state index is 12.7. The van der Waals surface area contributed by atoms with Gasteiger partial charge in [0.25, 0.3) is 11.5 Å². The molecule has 0 saturated carbocycles. The molecule has 1 atom stereocenters. The maximum Gasteiger partial charge on any atom is 0.322 e. The van der Waals surface area contributed by atoms with E-state index in [0.29, 0.717) is 22.2 Å². The molecule has 9 nitrogen and oxygen atoms in total. The van der Waals surface area contributed by atoms with Gasteiger partial charge in [-0.05, 0) is 43.2 Å². The van der Waals surface area contributed by atoms with Gasteiger partial charge in [-0.25, -0.2) is 9.78 Å². The summed E-state index contributed by atoms with van der Waals surface area (Å²) in [6.45, 7) is 3.23. The lowest BCUT2D eigenvalue weighted by atomic mass is 9.92. The molecule has 1 aliphatic heterocycles. The summed E-state index contributed by atoms with van der Waals surface area (Å²) in [5.41, 5.74) is 0.917. The van der Waals surface area contributed by atoms with Gasteiger partial charge in [0.2, 0.25) is 5.91 Å². The van der Waals surface area contributed by atoms with E-state index in [1.807, 2.05) is 13.0 Å². The fourth-order valence-corrected chi connectivity index (χ4v) is 3.46. The Hall–Kier alpha value is -4.01. The minimum absolute atomic E-state index is 0.214. The third-order valence-electron chi connectivity index (χ3n) is 5.14. The number of imide groups is 1.